The molecule has 1 heterocycles. The fourth-order valence-corrected chi connectivity index (χ4v) is 3.26. The molecule has 0 aliphatic carbocycles. The third-order valence-corrected chi connectivity index (χ3v) is 4.96. The first-order valence-electron chi connectivity index (χ1n) is 10.1. The lowest BCUT2D eigenvalue weighted by Gasteiger charge is -2.21. The number of hydrogen-bond donors (Lipinski definition) is 2. The normalized spacial score (nSPS) is 12.8. The summed E-state index contributed by atoms with van der Waals surface area (Å²) >= 11 is 0. The summed E-state index contributed by atoms with van der Waals surface area (Å²) in [6.45, 7) is 4.11. The zero-order valence-corrected chi connectivity index (χ0v) is 17.5. The van der Waals surface area contributed by atoms with Gasteiger partial charge in [-0.2, -0.15) is 4.99 Å². The number of ether oxygens (including phenoxy) is 1. The van der Waals surface area contributed by atoms with Crippen molar-refractivity contribution in [2.24, 2.45) is 4.99 Å². The molecule has 2 aromatic rings. The van der Waals surface area contributed by atoms with Crippen molar-refractivity contribution < 1.29 is 9.53 Å². The highest BCUT2D eigenvalue weighted by molar-refractivity contribution is 5.92. The smallest absolute Gasteiger partial charge is 0.290 e. The third kappa shape index (κ3) is 6.06. The molecule has 3 rings (SSSR count). The third-order valence-electron chi connectivity index (χ3n) is 4.96. The van der Waals surface area contributed by atoms with Crippen LogP contribution in [-0.4, -0.2) is 44.0 Å². The lowest BCUT2D eigenvalue weighted by atomic mass is 10.0. The van der Waals surface area contributed by atoms with Gasteiger partial charge in [0, 0.05) is 24.2 Å². The number of amides is 1. The van der Waals surface area contributed by atoms with E-state index in [2.05, 4.69) is 32.7 Å². The molecule has 6 heteroatoms. The minimum atomic E-state index is 0.0402. The van der Waals surface area contributed by atoms with Gasteiger partial charge < -0.3 is 20.3 Å². The van der Waals surface area contributed by atoms with Crippen LogP contribution < -0.4 is 10.6 Å². The fourth-order valence-electron chi connectivity index (χ4n) is 3.26. The summed E-state index contributed by atoms with van der Waals surface area (Å²) in [4.78, 5) is 18.9. The van der Waals surface area contributed by atoms with E-state index in [1.54, 1.807) is 0 Å². The number of hydrogen-bond acceptors (Lipinski definition) is 5. The molecule has 0 radical (unpaired) electrons. The summed E-state index contributed by atoms with van der Waals surface area (Å²) in [5.74, 6) is 0.0402. The molecule has 0 unspecified atom stereocenters. The molecule has 0 spiro atoms. The molecule has 0 saturated carbocycles. The Bertz CT molecular complexity index is 863. The minimum absolute atomic E-state index is 0.0402. The highest BCUT2D eigenvalue weighted by Crippen LogP contribution is 2.32. The Morgan fingerprint density at radius 3 is 2.72 bits per heavy atom. The van der Waals surface area contributed by atoms with Crippen molar-refractivity contribution in [3.05, 3.63) is 59.2 Å². The van der Waals surface area contributed by atoms with Gasteiger partial charge in [-0.1, -0.05) is 30.3 Å². The van der Waals surface area contributed by atoms with Gasteiger partial charge in [0.25, 0.3) is 6.02 Å². The van der Waals surface area contributed by atoms with Crippen molar-refractivity contribution in [1.82, 2.24) is 10.2 Å². The minimum Gasteiger partial charge on any atom is -0.460 e. The number of anilines is 1. The van der Waals surface area contributed by atoms with Crippen molar-refractivity contribution in [2.45, 2.75) is 32.8 Å². The average molecular weight is 395 g/mol. The second-order valence-electron chi connectivity index (χ2n) is 7.56. The van der Waals surface area contributed by atoms with Gasteiger partial charge in [-0.3, -0.25) is 4.79 Å². The Labute approximate surface area is 173 Å². The Morgan fingerprint density at radius 1 is 1.17 bits per heavy atom. The van der Waals surface area contributed by atoms with Gasteiger partial charge in [-0.25, -0.2) is 0 Å². The maximum absolute atomic E-state index is 12.2. The van der Waals surface area contributed by atoms with Crippen LogP contribution in [0.3, 0.4) is 0 Å². The molecule has 0 bridgehead atoms. The molecular formula is C23H30N4O2. The van der Waals surface area contributed by atoms with Crippen LogP contribution in [0.4, 0.5) is 11.4 Å². The molecule has 2 aromatic carbocycles. The lowest BCUT2D eigenvalue weighted by Crippen LogP contribution is -2.29. The van der Waals surface area contributed by atoms with E-state index in [-0.39, 0.29) is 5.91 Å². The van der Waals surface area contributed by atoms with Crippen LogP contribution >= 0.6 is 0 Å². The second-order valence-corrected chi connectivity index (χ2v) is 7.56. The van der Waals surface area contributed by atoms with E-state index in [1.807, 2.05) is 51.4 Å². The summed E-state index contributed by atoms with van der Waals surface area (Å²) in [5, 5.41) is 6.28. The molecule has 0 saturated heterocycles. The van der Waals surface area contributed by atoms with E-state index >= 15 is 0 Å². The van der Waals surface area contributed by atoms with Crippen LogP contribution in [-0.2, 0) is 22.6 Å². The van der Waals surface area contributed by atoms with Crippen molar-refractivity contribution in [3.63, 3.8) is 0 Å². The summed E-state index contributed by atoms with van der Waals surface area (Å²) in [5.41, 5.74) is 5.03. The molecular weight excluding hydrogens is 364 g/mol. The molecule has 1 aliphatic heterocycles. The Hall–Kier alpha value is -2.86. The Morgan fingerprint density at radius 2 is 1.97 bits per heavy atom. The van der Waals surface area contributed by atoms with Gasteiger partial charge in [0.2, 0.25) is 5.91 Å². The average Bonchev–Trinajstić information content (AvgIpc) is 2.71. The second kappa shape index (κ2) is 10.1. The van der Waals surface area contributed by atoms with Crippen molar-refractivity contribution in [2.75, 3.05) is 32.5 Å². The van der Waals surface area contributed by atoms with E-state index in [0.29, 0.717) is 19.0 Å². The Balaban J connectivity index is 1.57. The standard InChI is InChI=1S/C23H30N4O2/c1-17-19-16-29-23(24-14-13-18-8-5-4-6-9-18)26-21(19)12-11-20(17)25-22(28)10-7-15-27(2)3/h4-6,8-9,11-12H,7,10,13-16H2,1-3H3,(H,24,26)(H,25,28). The zero-order valence-electron chi connectivity index (χ0n) is 17.5. The molecule has 2 N–H and O–H groups in total. The number of benzene rings is 2. The molecule has 0 aromatic heterocycles. The van der Waals surface area contributed by atoms with Crippen LogP contribution in [0.25, 0.3) is 0 Å². The van der Waals surface area contributed by atoms with Gasteiger partial charge in [-0.05, 0) is 63.7 Å². The topological polar surface area (TPSA) is 66.0 Å². The molecule has 6 nitrogen and oxygen atoms in total. The number of carbonyl (C=O) groups excluding carboxylic acids is 1. The highest BCUT2D eigenvalue weighted by atomic mass is 16.5. The molecule has 0 atom stereocenters. The van der Waals surface area contributed by atoms with Crippen LogP contribution in [0.15, 0.2) is 47.5 Å². The summed E-state index contributed by atoms with van der Waals surface area (Å²) < 4.78 is 5.80. The molecule has 154 valence electrons. The van der Waals surface area contributed by atoms with Crippen LogP contribution in [0.5, 0.6) is 0 Å². The first kappa shape index (κ1) is 20.9. The number of aliphatic imine (C=N–C) groups is 1. The molecule has 1 aliphatic rings. The zero-order chi connectivity index (χ0) is 20.6. The first-order valence-corrected chi connectivity index (χ1v) is 10.1. The largest absolute Gasteiger partial charge is 0.460 e. The molecule has 0 fully saturated rings. The number of rotatable bonds is 8. The van der Waals surface area contributed by atoms with Gasteiger partial charge in [0.1, 0.15) is 6.61 Å². The summed E-state index contributed by atoms with van der Waals surface area (Å²) in [6.07, 6.45) is 2.26. The van der Waals surface area contributed by atoms with E-state index in [0.717, 1.165) is 48.4 Å². The van der Waals surface area contributed by atoms with E-state index in [9.17, 15) is 4.79 Å². The van der Waals surface area contributed by atoms with Crippen LogP contribution in [0.1, 0.15) is 29.5 Å². The van der Waals surface area contributed by atoms with Crippen molar-refractivity contribution in [3.8, 4) is 0 Å². The van der Waals surface area contributed by atoms with E-state index in [1.165, 1.54) is 5.56 Å². The summed E-state index contributed by atoms with van der Waals surface area (Å²) in [6, 6.07) is 14.7. The van der Waals surface area contributed by atoms with Crippen LogP contribution in [0, 0.1) is 6.92 Å². The molecule has 29 heavy (non-hydrogen) atoms. The van der Waals surface area contributed by atoms with Gasteiger partial charge in [-0.15, -0.1) is 0 Å². The number of nitrogens with one attached hydrogen (secondary N) is 2. The van der Waals surface area contributed by atoms with Crippen LogP contribution in [0.2, 0.25) is 0 Å². The number of amidine groups is 1. The maximum Gasteiger partial charge on any atom is 0.290 e. The van der Waals surface area contributed by atoms with Gasteiger partial charge in [0.05, 0.1) is 5.69 Å². The lowest BCUT2D eigenvalue weighted by molar-refractivity contribution is -0.116. The van der Waals surface area contributed by atoms with E-state index in [4.69, 9.17) is 4.74 Å². The SMILES string of the molecule is Cc1c(NC(=O)CCCN(C)C)ccc2c1COC(NCCc1ccccc1)=N2. The monoisotopic (exact) mass is 394 g/mol. The van der Waals surface area contributed by atoms with Crippen molar-refractivity contribution in [1.29, 1.82) is 0 Å². The fraction of sp³-hybridized carbons (Fsp3) is 0.391. The highest BCUT2D eigenvalue weighted by Gasteiger charge is 2.18. The van der Waals surface area contributed by atoms with Gasteiger partial charge >= 0.3 is 0 Å². The predicted molar refractivity (Wildman–Crippen MR) is 118 cm³/mol. The van der Waals surface area contributed by atoms with Crippen molar-refractivity contribution >= 4 is 23.3 Å². The first-order chi connectivity index (χ1) is 14.0. The molecule has 1 amide bonds. The maximum atomic E-state index is 12.2. The van der Waals surface area contributed by atoms with E-state index < -0.39 is 0 Å². The summed E-state index contributed by atoms with van der Waals surface area (Å²) in [7, 11) is 4.02. The predicted octanol–water partition coefficient (Wildman–Crippen LogP) is 3.63. The number of fused-ring (bicyclic) bond motifs is 1. The number of nitrogens with zero attached hydrogens (tertiary/aromatic N) is 2. The van der Waals surface area contributed by atoms with Gasteiger partial charge in [0.15, 0.2) is 0 Å². The quantitative estimate of drug-likeness (QED) is 0.718. The number of carbonyl (C=O) groups is 1. The Kier molecular flexibility index (Phi) is 7.25.